The van der Waals surface area contributed by atoms with Crippen LogP contribution in [0.25, 0.3) is 22.2 Å². The van der Waals surface area contributed by atoms with Crippen LogP contribution in [0, 0.1) is 0 Å². The first-order chi connectivity index (χ1) is 13.8. The molecule has 2 aromatic carbocycles. The molecular weight excluding hydrogens is 374 g/mol. The van der Waals surface area contributed by atoms with Crippen molar-refractivity contribution in [3.8, 4) is 27.9 Å². The van der Waals surface area contributed by atoms with Crippen molar-refractivity contribution >= 4 is 17.2 Å². The van der Waals surface area contributed by atoms with E-state index < -0.39 is 0 Å². The van der Waals surface area contributed by atoms with Gasteiger partial charge in [-0.3, -0.25) is 4.79 Å². The van der Waals surface area contributed by atoms with Crippen LogP contribution in [0.1, 0.15) is 5.56 Å². The van der Waals surface area contributed by atoms with Crippen molar-refractivity contribution in [2.24, 2.45) is 0 Å². The van der Waals surface area contributed by atoms with Gasteiger partial charge in [0, 0.05) is 12.1 Å². The van der Waals surface area contributed by atoms with E-state index in [1.807, 2.05) is 60.0 Å². The third kappa shape index (κ3) is 4.44. The van der Waals surface area contributed by atoms with Crippen LogP contribution in [0.4, 0.5) is 0 Å². The number of benzene rings is 2. The fourth-order valence-electron chi connectivity index (χ4n) is 2.56. The van der Waals surface area contributed by atoms with E-state index in [0.717, 1.165) is 16.0 Å². The number of thiophene rings is 1. The molecule has 1 amide bonds. The van der Waals surface area contributed by atoms with Gasteiger partial charge in [0.1, 0.15) is 5.75 Å². The molecule has 0 saturated heterocycles. The summed E-state index contributed by atoms with van der Waals surface area (Å²) in [7, 11) is 0. The van der Waals surface area contributed by atoms with Gasteiger partial charge < -0.3 is 14.6 Å². The number of carbonyl (C=O) groups excluding carboxylic acids is 1. The maximum absolute atomic E-state index is 12.0. The summed E-state index contributed by atoms with van der Waals surface area (Å²) in [5.41, 5.74) is 1.80. The van der Waals surface area contributed by atoms with E-state index in [9.17, 15) is 4.79 Å². The van der Waals surface area contributed by atoms with Crippen molar-refractivity contribution < 1.29 is 14.1 Å². The number of aromatic nitrogens is 2. The van der Waals surface area contributed by atoms with Crippen molar-refractivity contribution in [2.75, 3.05) is 6.61 Å². The second-order valence-electron chi connectivity index (χ2n) is 5.98. The number of ether oxygens (including phenoxy) is 1. The van der Waals surface area contributed by atoms with Crippen molar-refractivity contribution in [2.45, 2.75) is 6.54 Å². The van der Waals surface area contributed by atoms with E-state index in [1.165, 1.54) is 11.3 Å². The first kappa shape index (κ1) is 17.9. The topological polar surface area (TPSA) is 77.2 Å². The maximum Gasteiger partial charge on any atom is 0.268 e. The number of carbonyl (C=O) groups is 1. The van der Waals surface area contributed by atoms with E-state index in [1.54, 1.807) is 12.1 Å². The van der Waals surface area contributed by atoms with E-state index in [2.05, 4.69) is 15.5 Å². The minimum absolute atomic E-state index is 0.0665. The van der Waals surface area contributed by atoms with Crippen LogP contribution >= 0.6 is 11.3 Å². The largest absolute Gasteiger partial charge is 0.484 e. The normalized spacial score (nSPS) is 10.6. The van der Waals surface area contributed by atoms with Crippen LogP contribution in [0.5, 0.6) is 5.75 Å². The summed E-state index contributed by atoms with van der Waals surface area (Å²) in [5.74, 6) is 1.34. The summed E-state index contributed by atoms with van der Waals surface area (Å²) in [6.45, 7) is 0.403. The second kappa shape index (κ2) is 8.49. The highest BCUT2D eigenvalue weighted by atomic mass is 32.1. The Kier molecular flexibility index (Phi) is 5.44. The molecule has 0 aliphatic rings. The molecule has 4 aromatic rings. The molecule has 6 nitrogen and oxygen atoms in total. The number of nitrogens with zero attached hydrogens (tertiary/aromatic N) is 2. The van der Waals surface area contributed by atoms with Crippen LogP contribution in [0.3, 0.4) is 0 Å². The van der Waals surface area contributed by atoms with Gasteiger partial charge in [-0.25, -0.2) is 0 Å². The molecule has 4 rings (SSSR count). The SMILES string of the molecule is O=C(COc1cccc(-c2noc(-c3cccs3)n2)c1)NCc1ccccc1. The fraction of sp³-hybridized carbons (Fsp3) is 0.0952. The van der Waals surface area contributed by atoms with Crippen LogP contribution < -0.4 is 10.1 Å². The van der Waals surface area contributed by atoms with Gasteiger partial charge in [0.2, 0.25) is 5.82 Å². The Bertz CT molecular complexity index is 1050. The Morgan fingerprint density at radius 1 is 1.07 bits per heavy atom. The predicted octanol–water partition coefficient (Wildman–Crippen LogP) is 4.16. The summed E-state index contributed by atoms with van der Waals surface area (Å²) < 4.78 is 10.9. The number of hydrogen-bond acceptors (Lipinski definition) is 6. The van der Waals surface area contributed by atoms with Crippen molar-refractivity contribution in [1.82, 2.24) is 15.5 Å². The highest BCUT2D eigenvalue weighted by molar-refractivity contribution is 7.13. The monoisotopic (exact) mass is 391 g/mol. The molecule has 0 unspecified atom stereocenters. The summed E-state index contributed by atoms with van der Waals surface area (Å²) in [6.07, 6.45) is 0. The summed E-state index contributed by atoms with van der Waals surface area (Å²) >= 11 is 1.54. The van der Waals surface area contributed by atoms with Gasteiger partial charge >= 0.3 is 0 Å². The van der Waals surface area contributed by atoms with E-state index in [0.29, 0.717) is 24.0 Å². The van der Waals surface area contributed by atoms with Crippen molar-refractivity contribution in [3.63, 3.8) is 0 Å². The molecule has 0 aliphatic carbocycles. The van der Waals surface area contributed by atoms with Crippen LogP contribution in [0.2, 0.25) is 0 Å². The molecule has 0 saturated carbocycles. The first-order valence-corrected chi connectivity index (χ1v) is 9.57. The summed E-state index contributed by atoms with van der Waals surface area (Å²) in [6, 6.07) is 20.8. The quantitative estimate of drug-likeness (QED) is 0.512. The van der Waals surface area contributed by atoms with Gasteiger partial charge in [-0.15, -0.1) is 11.3 Å². The van der Waals surface area contributed by atoms with Crippen LogP contribution in [-0.2, 0) is 11.3 Å². The first-order valence-electron chi connectivity index (χ1n) is 8.69. The van der Waals surface area contributed by atoms with E-state index in [4.69, 9.17) is 9.26 Å². The number of nitrogens with one attached hydrogen (secondary N) is 1. The molecule has 2 aromatic heterocycles. The van der Waals surface area contributed by atoms with E-state index >= 15 is 0 Å². The zero-order valence-electron chi connectivity index (χ0n) is 14.9. The van der Waals surface area contributed by atoms with Crippen molar-refractivity contribution in [1.29, 1.82) is 0 Å². The zero-order chi connectivity index (χ0) is 19.2. The lowest BCUT2D eigenvalue weighted by atomic mass is 10.2. The maximum atomic E-state index is 12.0. The Labute approximate surface area is 165 Å². The standard InChI is InChI=1S/C21H17N3O3S/c25-19(22-13-15-6-2-1-3-7-15)14-26-17-9-4-8-16(12-17)20-23-21(27-24-20)18-10-5-11-28-18/h1-12H,13-14H2,(H,22,25). The zero-order valence-corrected chi connectivity index (χ0v) is 15.7. The van der Waals surface area contributed by atoms with Crippen molar-refractivity contribution in [3.05, 3.63) is 77.7 Å². The fourth-order valence-corrected chi connectivity index (χ4v) is 3.21. The molecule has 0 aliphatic heterocycles. The number of rotatable bonds is 7. The average Bonchev–Trinajstić information content (AvgIpc) is 3.43. The third-order valence-corrected chi connectivity index (χ3v) is 4.81. The Balaban J connectivity index is 1.35. The molecule has 0 spiro atoms. The lowest BCUT2D eigenvalue weighted by Gasteiger charge is -2.08. The minimum atomic E-state index is -0.186. The van der Waals surface area contributed by atoms with Gasteiger partial charge in [0.05, 0.1) is 4.88 Å². The number of hydrogen-bond donors (Lipinski definition) is 1. The van der Waals surface area contributed by atoms with Gasteiger partial charge in [-0.2, -0.15) is 4.98 Å². The van der Waals surface area contributed by atoms with Gasteiger partial charge in [0.15, 0.2) is 6.61 Å². The molecule has 0 bridgehead atoms. The lowest BCUT2D eigenvalue weighted by molar-refractivity contribution is -0.123. The van der Waals surface area contributed by atoms with E-state index in [-0.39, 0.29) is 12.5 Å². The molecule has 1 N–H and O–H groups in total. The lowest BCUT2D eigenvalue weighted by Crippen LogP contribution is -2.28. The average molecular weight is 391 g/mol. The highest BCUT2D eigenvalue weighted by Crippen LogP contribution is 2.27. The van der Waals surface area contributed by atoms with Crippen LogP contribution in [0.15, 0.2) is 76.6 Å². The van der Waals surface area contributed by atoms with Gasteiger partial charge in [0.25, 0.3) is 11.8 Å². The molecular formula is C21H17N3O3S. The highest BCUT2D eigenvalue weighted by Gasteiger charge is 2.12. The smallest absolute Gasteiger partial charge is 0.268 e. The van der Waals surface area contributed by atoms with Crippen LogP contribution in [-0.4, -0.2) is 22.7 Å². The Morgan fingerprint density at radius 3 is 2.79 bits per heavy atom. The molecule has 7 heteroatoms. The van der Waals surface area contributed by atoms with Gasteiger partial charge in [-0.05, 0) is 29.1 Å². The molecule has 0 atom stereocenters. The summed E-state index contributed by atoms with van der Waals surface area (Å²) in [5, 5.41) is 8.81. The molecule has 0 fully saturated rings. The second-order valence-corrected chi connectivity index (χ2v) is 6.93. The predicted molar refractivity (Wildman–Crippen MR) is 107 cm³/mol. The molecule has 0 radical (unpaired) electrons. The third-order valence-electron chi connectivity index (χ3n) is 3.95. The Hall–Kier alpha value is -3.45. The molecule has 2 heterocycles. The Morgan fingerprint density at radius 2 is 1.96 bits per heavy atom. The molecule has 140 valence electrons. The molecule has 28 heavy (non-hydrogen) atoms. The summed E-state index contributed by atoms with van der Waals surface area (Å²) in [4.78, 5) is 17.3. The van der Waals surface area contributed by atoms with Gasteiger partial charge in [-0.1, -0.05) is 53.7 Å². The minimum Gasteiger partial charge on any atom is -0.484 e. The number of amides is 1.